The third-order valence-corrected chi connectivity index (χ3v) is 3.86. The van der Waals surface area contributed by atoms with Gasteiger partial charge < -0.3 is 10.1 Å². The number of benzene rings is 1. The summed E-state index contributed by atoms with van der Waals surface area (Å²) < 4.78 is 5.97. The molecule has 0 aliphatic carbocycles. The molecule has 20 heavy (non-hydrogen) atoms. The maximum absolute atomic E-state index is 5.97. The second-order valence-corrected chi connectivity index (χ2v) is 5.32. The molecular formula is C16H21N3O. The quantitative estimate of drug-likeness (QED) is 0.928. The van der Waals surface area contributed by atoms with E-state index in [2.05, 4.69) is 22.2 Å². The summed E-state index contributed by atoms with van der Waals surface area (Å²) in [5, 5.41) is 3.38. The van der Waals surface area contributed by atoms with Crippen LogP contribution in [0, 0.1) is 5.92 Å². The van der Waals surface area contributed by atoms with E-state index < -0.39 is 0 Å². The topological polar surface area (TPSA) is 47.0 Å². The van der Waals surface area contributed by atoms with E-state index in [0.717, 1.165) is 42.8 Å². The first kappa shape index (κ1) is 13.3. The number of hydrogen-bond donors (Lipinski definition) is 1. The molecular weight excluding hydrogens is 250 g/mol. The minimum absolute atomic E-state index is 0.634. The maximum atomic E-state index is 5.97. The molecule has 1 aromatic carbocycles. The highest BCUT2D eigenvalue weighted by Crippen LogP contribution is 2.21. The van der Waals surface area contributed by atoms with E-state index >= 15 is 0 Å². The van der Waals surface area contributed by atoms with Crippen LogP contribution in [0.2, 0.25) is 0 Å². The van der Waals surface area contributed by atoms with Crippen molar-refractivity contribution in [1.82, 2.24) is 15.3 Å². The molecule has 0 saturated carbocycles. The first-order chi connectivity index (χ1) is 9.86. The predicted molar refractivity (Wildman–Crippen MR) is 80.0 cm³/mol. The average molecular weight is 271 g/mol. The standard InChI is InChI=1S/C16H21N3O/c1-2-13-16(20-11-12-7-9-17-10-8-12)19-15-6-4-3-5-14(15)18-13/h3-6,12,17H,2,7-11H2,1H3. The SMILES string of the molecule is CCc1nc2ccccc2nc1OCC1CCNCC1. The van der Waals surface area contributed by atoms with Gasteiger partial charge in [0.25, 0.3) is 0 Å². The Morgan fingerprint density at radius 2 is 1.85 bits per heavy atom. The van der Waals surface area contributed by atoms with Crippen molar-refractivity contribution >= 4 is 11.0 Å². The first-order valence-corrected chi connectivity index (χ1v) is 7.46. The number of fused-ring (bicyclic) bond motifs is 1. The molecule has 0 bridgehead atoms. The van der Waals surface area contributed by atoms with Crippen LogP contribution in [0.1, 0.15) is 25.5 Å². The van der Waals surface area contributed by atoms with E-state index in [9.17, 15) is 0 Å². The van der Waals surface area contributed by atoms with Crippen LogP contribution in [0.4, 0.5) is 0 Å². The van der Waals surface area contributed by atoms with Gasteiger partial charge in [-0.2, -0.15) is 0 Å². The van der Waals surface area contributed by atoms with E-state index in [4.69, 9.17) is 4.74 Å². The van der Waals surface area contributed by atoms with E-state index in [1.165, 1.54) is 12.8 Å². The summed E-state index contributed by atoms with van der Waals surface area (Å²) in [6, 6.07) is 7.96. The second kappa shape index (κ2) is 6.18. The second-order valence-electron chi connectivity index (χ2n) is 5.32. The van der Waals surface area contributed by atoms with E-state index in [-0.39, 0.29) is 0 Å². The van der Waals surface area contributed by atoms with Crippen molar-refractivity contribution in [2.45, 2.75) is 26.2 Å². The van der Waals surface area contributed by atoms with Gasteiger partial charge in [0, 0.05) is 0 Å². The first-order valence-electron chi connectivity index (χ1n) is 7.46. The summed E-state index contributed by atoms with van der Waals surface area (Å²) in [5.74, 6) is 1.35. The highest BCUT2D eigenvalue weighted by molar-refractivity contribution is 5.74. The van der Waals surface area contributed by atoms with Gasteiger partial charge >= 0.3 is 0 Å². The third-order valence-electron chi connectivity index (χ3n) is 3.86. The Hall–Kier alpha value is -1.68. The van der Waals surface area contributed by atoms with E-state index in [0.29, 0.717) is 11.8 Å². The van der Waals surface area contributed by atoms with Gasteiger partial charge in [-0.05, 0) is 50.4 Å². The molecule has 4 nitrogen and oxygen atoms in total. The fourth-order valence-corrected chi connectivity index (χ4v) is 2.61. The largest absolute Gasteiger partial charge is 0.476 e. The van der Waals surface area contributed by atoms with Crippen molar-refractivity contribution < 1.29 is 4.74 Å². The third kappa shape index (κ3) is 2.90. The summed E-state index contributed by atoms with van der Waals surface area (Å²) in [6.07, 6.45) is 3.21. The zero-order chi connectivity index (χ0) is 13.8. The molecule has 0 unspecified atom stereocenters. The molecule has 1 aromatic heterocycles. The minimum Gasteiger partial charge on any atom is -0.476 e. The summed E-state index contributed by atoms with van der Waals surface area (Å²) in [7, 11) is 0. The zero-order valence-corrected chi connectivity index (χ0v) is 11.9. The molecule has 2 aromatic rings. The Morgan fingerprint density at radius 3 is 2.55 bits per heavy atom. The van der Waals surface area contributed by atoms with E-state index in [1.54, 1.807) is 0 Å². The normalized spacial score (nSPS) is 16.4. The molecule has 1 N–H and O–H groups in total. The molecule has 1 aliphatic rings. The Kier molecular flexibility index (Phi) is 4.11. The zero-order valence-electron chi connectivity index (χ0n) is 11.9. The molecule has 3 rings (SSSR count). The number of rotatable bonds is 4. The van der Waals surface area contributed by atoms with Gasteiger partial charge in [-0.3, -0.25) is 0 Å². The fraction of sp³-hybridized carbons (Fsp3) is 0.500. The van der Waals surface area contributed by atoms with E-state index in [1.807, 2.05) is 24.3 Å². The van der Waals surface area contributed by atoms with Crippen molar-refractivity contribution in [1.29, 1.82) is 0 Å². The number of aromatic nitrogens is 2. The van der Waals surface area contributed by atoms with Crippen LogP contribution in [0.15, 0.2) is 24.3 Å². The van der Waals surface area contributed by atoms with Crippen LogP contribution in [0.3, 0.4) is 0 Å². The maximum Gasteiger partial charge on any atom is 0.236 e. The van der Waals surface area contributed by atoms with Crippen LogP contribution in [-0.2, 0) is 6.42 Å². The molecule has 4 heteroatoms. The molecule has 1 aliphatic heterocycles. The summed E-state index contributed by atoms with van der Waals surface area (Å²) in [6.45, 7) is 5.04. The minimum atomic E-state index is 0.634. The van der Waals surface area contributed by atoms with Gasteiger partial charge in [0.05, 0.1) is 17.6 Å². The Labute approximate surface area is 119 Å². The van der Waals surface area contributed by atoms with Gasteiger partial charge in [0.2, 0.25) is 5.88 Å². The van der Waals surface area contributed by atoms with Crippen LogP contribution >= 0.6 is 0 Å². The highest BCUT2D eigenvalue weighted by Gasteiger charge is 2.15. The van der Waals surface area contributed by atoms with Crippen molar-refractivity contribution in [2.75, 3.05) is 19.7 Å². The van der Waals surface area contributed by atoms with Crippen molar-refractivity contribution in [2.24, 2.45) is 5.92 Å². The van der Waals surface area contributed by atoms with Crippen LogP contribution in [0.5, 0.6) is 5.88 Å². The molecule has 0 atom stereocenters. The lowest BCUT2D eigenvalue weighted by Crippen LogP contribution is -2.30. The number of aryl methyl sites for hydroxylation is 1. The predicted octanol–water partition coefficient (Wildman–Crippen LogP) is 2.57. The van der Waals surface area contributed by atoms with Gasteiger partial charge in [-0.25, -0.2) is 9.97 Å². The van der Waals surface area contributed by atoms with Gasteiger partial charge in [-0.15, -0.1) is 0 Å². The van der Waals surface area contributed by atoms with Gasteiger partial charge in [-0.1, -0.05) is 19.1 Å². The summed E-state index contributed by atoms with van der Waals surface area (Å²) in [5.41, 5.74) is 2.81. The smallest absolute Gasteiger partial charge is 0.236 e. The fourth-order valence-electron chi connectivity index (χ4n) is 2.61. The lowest BCUT2D eigenvalue weighted by molar-refractivity contribution is 0.207. The Morgan fingerprint density at radius 1 is 1.15 bits per heavy atom. The average Bonchev–Trinajstić information content (AvgIpc) is 2.53. The van der Waals surface area contributed by atoms with Crippen LogP contribution < -0.4 is 10.1 Å². The molecule has 0 radical (unpaired) electrons. The van der Waals surface area contributed by atoms with Crippen molar-refractivity contribution in [3.05, 3.63) is 30.0 Å². The molecule has 1 fully saturated rings. The Bertz CT molecular complexity index is 579. The number of para-hydroxylation sites is 2. The summed E-state index contributed by atoms with van der Waals surface area (Å²) in [4.78, 5) is 9.29. The van der Waals surface area contributed by atoms with Gasteiger partial charge in [0.1, 0.15) is 5.69 Å². The molecule has 0 amide bonds. The van der Waals surface area contributed by atoms with Crippen molar-refractivity contribution in [3.8, 4) is 5.88 Å². The Balaban J connectivity index is 1.78. The lowest BCUT2D eigenvalue weighted by Gasteiger charge is -2.22. The monoisotopic (exact) mass is 271 g/mol. The van der Waals surface area contributed by atoms with Crippen molar-refractivity contribution in [3.63, 3.8) is 0 Å². The van der Waals surface area contributed by atoms with Gasteiger partial charge in [0.15, 0.2) is 0 Å². The summed E-state index contributed by atoms with van der Waals surface area (Å²) >= 11 is 0. The molecule has 106 valence electrons. The van der Waals surface area contributed by atoms with Crippen LogP contribution in [-0.4, -0.2) is 29.7 Å². The number of ether oxygens (including phenoxy) is 1. The molecule has 0 spiro atoms. The number of piperidine rings is 1. The number of nitrogens with zero attached hydrogens (tertiary/aromatic N) is 2. The number of nitrogens with one attached hydrogen (secondary N) is 1. The molecule has 1 saturated heterocycles. The molecule has 2 heterocycles. The number of hydrogen-bond acceptors (Lipinski definition) is 4. The van der Waals surface area contributed by atoms with Crippen LogP contribution in [0.25, 0.3) is 11.0 Å². The highest BCUT2D eigenvalue weighted by atomic mass is 16.5. The lowest BCUT2D eigenvalue weighted by atomic mass is 9.99.